The Bertz CT molecular complexity index is 493. The molecular weight excluding hydrogens is 318 g/mol. The number of ether oxygens (including phenoxy) is 1. The molecular formula is C16H24ClN3O3. The van der Waals surface area contributed by atoms with E-state index in [0.29, 0.717) is 6.42 Å². The van der Waals surface area contributed by atoms with Crippen molar-refractivity contribution >= 4 is 24.3 Å². The van der Waals surface area contributed by atoms with E-state index in [1.165, 1.54) is 7.11 Å². The first-order valence-electron chi connectivity index (χ1n) is 7.61. The van der Waals surface area contributed by atoms with E-state index < -0.39 is 12.0 Å². The van der Waals surface area contributed by atoms with Gasteiger partial charge in [-0.2, -0.15) is 0 Å². The number of hydrogen-bond acceptors (Lipinski definition) is 5. The van der Waals surface area contributed by atoms with Crippen molar-refractivity contribution < 1.29 is 14.3 Å². The number of carbonyl (C=O) groups excluding carboxylic acids is 2. The van der Waals surface area contributed by atoms with Gasteiger partial charge in [-0.25, -0.2) is 5.43 Å². The number of piperidine rings is 1. The van der Waals surface area contributed by atoms with E-state index in [2.05, 4.69) is 16.2 Å². The van der Waals surface area contributed by atoms with Gasteiger partial charge in [0.1, 0.15) is 6.04 Å². The molecule has 1 amide bonds. The van der Waals surface area contributed by atoms with Gasteiger partial charge >= 0.3 is 5.97 Å². The summed E-state index contributed by atoms with van der Waals surface area (Å²) < 4.78 is 4.79. The van der Waals surface area contributed by atoms with E-state index in [0.717, 1.165) is 31.4 Å². The highest BCUT2D eigenvalue weighted by molar-refractivity contribution is 5.85. The molecule has 0 radical (unpaired) electrons. The van der Waals surface area contributed by atoms with Gasteiger partial charge in [-0.15, -0.1) is 12.4 Å². The number of amides is 1. The molecule has 0 bridgehead atoms. The Morgan fingerprint density at radius 3 is 2.65 bits per heavy atom. The van der Waals surface area contributed by atoms with Gasteiger partial charge in [-0.05, 0) is 24.9 Å². The van der Waals surface area contributed by atoms with Crippen LogP contribution in [0.2, 0.25) is 0 Å². The topological polar surface area (TPSA) is 79.5 Å². The minimum Gasteiger partial charge on any atom is -0.468 e. The molecule has 0 aromatic heterocycles. The van der Waals surface area contributed by atoms with Gasteiger partial charge in [-0.3, -0.25) is 15.0 Å². The lowest BCUT2D eigenvalue weighted by Crippen LogP contribution is -2.55. The number of esters is 1. The van der Waals surface area contributed by atoms with E-state index in [4.69, 9.17) is 4.74 Å². The number of halogens is 1. The van der Waals surface area contributed by atoms with Crippen molar-refractivity contribution in [2.45, 2.75) is 37.8 Å². The molecule has 2 atom stereocenters. The van der Waals surface area contributed by atoms with Crippen LogP contribution >= 0.6 is 12.4 Å². The van der Waals surface area contributed by atoms with E-state index in [9.17, 15) is 9.59 Å². The van der Waals surface area contributed by atoms with Crippen LogP contribution in [0.4, 0.5) is 0 Å². The lowest BCUT2D eigenvalue weighted by molar-refractivity contribution is -0.143. The van der Waals surface area contributed by atoms with Crippen LogP contribution in [0.15, 0.2) is 30.3 Å². The van der Waals surface area contributed by atoms with Gasteiger partial charge < -0.3 is 10.1 Å². The van der Waals surface area contributed by atoms with E-state index in [1.54, 1.807) is 0 Å². The van der Waals surface area contributed by atoms with Crippen LogP contribution in [0.5, 0.6) is 0 Å². The maximum atomic E-state index is 12.1. The molecule has 23 heavy (non-hydrogen) atoms. The second-order valence-electron chi connectivity index (χ2n) is 5.40. The summed E-state index contributed by atoms with van der Waals surface area (Å²) in [6, 6.07) is 8.80. The first kappa shape index (κ1) is 19.4. The van der Waals surface area contributed by atoms with Crippen molar-refractivity contribution in [1.29, 1.82) is 0 Å². The van der Waals surface area contributed by atoms with Crippen LogP contribution in [0.3, 0.4) is 0 Å². The lowest BCUT2D eigenvalue weighted by atomic mass is 10.0. The van der Waals surface area contributed by atoms with E-state index in [1.807, 2.05) is 30.3 Å². The first-order chi connectivity index (χ1) is 10.7. The molecule has 3 N–H and O–H groups in total. The van der Waals surface area contributed by atoms with Crippen molar-refractivity contribution in [3.63, 3.8) is 0 Å². The zero-order valence-electron chi connectivity index (χ0n) is 13.2. The molecule has 1 aromatic rings. The molecule has 2 rings (SSSR count). The average Bonchev–Trinajstić information content (AvgIpc) is 2.59. The van der Waals surface area contributed by atoms with Crippen LogP contribution in [0, 0.1) is 0 Å². The molecule has 0 spiro atoms. The maximum Gasteiger partial charge on any atom is 0.325 e. The standard InChI is InChI=1S/C16H23N3O3.ClH/c1-22-16(21)14(11-12-7-3-2-4-8-12)18-19-15(20)13-9-5-6-10-17-13;/h2-4,7-8,13-14,17-18H,5-6,9-11H2,1H3,(H,19,20);1H/t13?,14-;/m0./s1. The third-order valence-corrected chi connectivity index (χ3v) is 3.76. The molecule has 1 fully saturated rings. The summed E-state index contributed by atoms with van der Waals surface area (Å²) in [5.74, 6) is -0.539. The fourth-order valence-electron chi connectivity index (χ4n) is 2.51. The van der Waals surface area contributed by atoms with Gasteiger partial charge in [0.05, 0.1) is 13.2 Å². The summed E-state index contributed by atoms with van der Waals surface area (Å²) in [6.45, 7) is 0.850. The van der Waals surface area contributed by atoms with Gasteiger partial charge in [0, 0.05) is 6.42 Å². The monoisotopic (exact) mass is 341 g/mol. The Labute approximate surface area is 142 Å². The summed E-state index contributed by atoms with van der Waals surface area (Å²) in [6.07, 6.45) is 3.40. The fraction of sp³-hybridized carbons (Fsp3) is 0.500. The zero-order valence-corrected chi connectivity index (χ0v) is 14.0. The summed E-state index contributed by atoms with van der Waals surface area (Å²) in [5, 5.41) is 3.17. The minimum atomic E-state index is -0.611. The number of rotatable bonds is 6. The predicted molar refractivity (Wildman–Crippen MR) is 90.1 cm³/mol. The molecule has 0 aliphatic carbocycles. The number of nitrogens with one attached hydrogen (secondary N) is 3. The number of benzene rings is 1. The predicted octanol–water partition coefficient (Wildman–Crippen LogP) is 0.955. The molecule has 1 heterocycles. The van der Waals surface area contributed by atoms with Gasteiger partial charge in [0.2, 0.25) is 0 Å². The zero-order chi connectivity index (χ0) is 15.8. The van der Waals surface area contributed by atoms with Crippen molar-refractivity contribution in [3.8, 4) is 0 Å². The Morgan fingerprint density at radius 2 is 2.04 bits per heavy atom. The Hall–Kier alpha value is -1.63. The highest BCUT2D eigenvalue weighted by Gasteiger charge is 2.24. The van der Waals surface area contributed by atoms with Crippen LogP contribution in [-0.2, 0) is 20.7 Å². The second-order valence-corrected chi connectivity index (χ2v) is 5.40. The third-order valence-electron chi connectivity index (χ3n) is 3.76. The van der Waals surface area contributed by atoms with Crippen molar-refractivity contribution in [1.82, 2.24) is 16.2 Å². The fourth-order valence-corrected chi connectivity index (χ4v) is 2.51. The van der Waals surface area contributed by atoms with Crippen LogP contribution < -0.4 is 16.2 Å². The Balaban J connectivity index is 0.00000264. The van der Waals surface area contributed by atoms with Crippen molar-refractivity contribution in [2.24, 2.45) is 0 Å². The largest absolute Gasteiger partial charge is 0.468 e. The summed E-state index contributed by atoms with van der Waals surface area (Å²) >= 11 is 0. The normalized spacial score (nSPS) is 18.4. The maximum absolute atomic E-state index is 12.1. The van der Waals surface area contributed by atoms with Gasteiger partial charge in [-0.1, -0.05) is 36.8 Å². The van der Waals surface area contributed by atoms with Gasteiger partial charge in [0.15, 0.2) is 0 Å². The Morgan fingerprint density at radius 1 is 1.30 bits per heavy atom. The number of carbonyl (C=O) groups is 2. The molecule has 1 saturated heterocycles. The molecule has 128 valence electrons. The molecule has 7 heteroatoms. The van der Waals surface area contributed by atoms with E-state index in [-0.39, 0.29) is 24.4 Å². The molecule has 1 aliphatic heterocycles. The minimum absolute atomic E-state index is 0. The van der Waals surface area contributed by atoms with E-state index >= 15 is 0 Å². The highest BCUT2D eigenvalue weighted by atomic mass is 35.5. The van der Waals surface area contributed by atoms with Gasteiger partial charge in [0.25, 0.3) is 5.91 Å². The molecule has 1 aliphatic rings. The lowest BCUT2D eigenvalue weighted by Gasteiger charge is -2.24. The smallest absolute Gasteiger partial charge is 0.325 e. The average molecular weight is 342 g/mol. The highest BCUT2D eigenvalue weighted by Crippen LogP contribution is 2.07. The van der Waals surface area contributed by atoms with Crippen molar-refractivity contribution in [2.75, 3.05) is 13.7 Å². The molecule has 1 aromatic carbocycles. The quantitative estimate of drug-likeness (QED) is 0.530. The summed E-state index contributed by atoms with van der Waals surface area (Å²) in [5.41, 5.74) is 6.43. The molecule has 1 unspecified atom stereocenters. The van der Waals surface area contributed by atoms with Crippen LogP contribution in [-0.4, -0.2) is 37.6 Å². The number of hydrazine groups is 1. The summed E-state index contributed by atoms with van der Waals surface area (Å²) in [4.78, 5) is 23.9. The van der Waals surface area contributed by atoms with Crippen LogP contribution in [0.1, 0.15) is 24.8 Å². The second kappa shape index (κ2) is 10.2. The Kier molecular flexibility index (Phi) is 8.61. The van der Waals surface area contributed by atoms with Crippen molar-refractivity contribution in [3.05, 3.63) is 35.9 Å². The number of methoxy groups -OCH3 is 1. The summed E-state index contributed by atoms with van der Waals surface area (Å²) in [7, 11) is 1.34. The van der Waals surface area contributed by atoms with Crippen LogP contribution in [0.25, 0.3) is 0 Å². The first-order valence-corrected chi connectivity index (χ1v) is 7.61. The molecule has 6 nitrogen and oxygen atoms in total. The SMILES string of the molecule is COC(=O)[C@H](Cc1ccccc1)NNC(=O)C1CCCCN1.Cl. The third kappa shape index (κ3) is 6.17. The molecule has 0 saturated carbocycles. The number of hydrogen-bond donors (Lipinski definition) is 3.